The number of ketones is 1. The van der Waals surface area contributed by atoms with Crippen LogP contribution in [0.15, 0.2) is 45.8 Å². The van der Waals surface area contributed by atoms with Crippen LogP contribution in [0.2, 0.25) is 0 Å². The van der Waals surface area contributed by atoms with E-state index >= 15 is 0 Å². The van der Waals surface area contributed by atoms with Crippen LogP contribution in [0.5, 0.6) is 5.75 Å². The van der Waals surface area contributed by atoms with Gasteiger partial charge < -0.3 is 9.26 Å². The Morgan fingerprint density at radius 1 is 1.24 bits per heavy atom. The Morgan fingerprint density at radius 2 is 2.03 bits per heavy atom. The van der Waals surface area contributed by atoms with Crippen molar-refractivity contribution in [2.75, 3.05) is 16.2 Å². The van der Waals surface area contributed by atoms with E-state index in [0.29, 0.717) is 35.0 Å². The second-order valence-corrected chi connectivity index (χ2v) is 9.21. The zero-order valence-corrected chi connectivity index (χ0v) is 19.1. The summed E-state index contributed by atoms with van der Waals surface area (Å²) in [4.78, 5) is 29.8. The predicted molar refractivity (Wildman–Crippen MR) is 119 cm³/mol. The SMILES string of the molecule is CCc1nc(CN2C(=O)COc3cc(S(=O)(=O)Nc4cccc(C(C)=O)c4)c(C)cc32)no1. The molecule has 0 unspecified atom stereocenters. The van der Waals surface area contributed by atoms with E-state index in [0.717, 1.165) is 0 Å². The number of Topliss-reactive ketones (excluding diaryl/α,β-unsaturated/α-hetero) is 1. The molecule has 2 aromatic carbocycles. The number of nitrogens with one attached hydrogen (secondary N) is 1. The molecule has 0 bridgehead atoms. The van der Waals surface area contributed by atoms with E-state index in [1.807, 2.05) is 6.92 Å². The summed E-state index contributed by atoms with van der Waals surface area (Å²) >= 11 is 0. The van der Waals surface area contributed by atoms with Crippen molar-refractivity contribution in [2.45, 2.75) is 38.6 Å². The third kappa shape index (κ3) is 4.58. The number of aromatic nitrogens is 2. The van der Waals surface area contributed by atoms with Gasteiger partial charge in [-0.05, 0) is 37.6 Å². The number of rotatable bonds is 7. The van der Waals surface area contributed by atoms with Crippen LogP contribution in [0.25, 0.3) is 0 Å². The summed E-state index contributed by atoms with van der Waals surface area (Å²) in [7, 11) is -3.99. The van der Waals surface area contributed by atoms with Crippen LogP contribution in [-0.4, -0.2) is 36.9 Å². The number of fused-ring (bicyclic) bond motifs is 1. The van der Waals surface area contributed by atoms with Gasteiger partial charge in [-0.1, -0.05) is 24.2 Å². The maximum Gasteiger partial charge on any atom is 0.265 e. The van der Waals surface area contributed by atoms with E-state index in [4.69, 9.17) is 9.26 Å². The predicted octanol–water partition coefficient (Wildman–Crippen LogP) is 2.87. The first-order valence-corrected chi connectivity index (χ1v) is 11.7. The van der Waals surface area contributed by atoms with Crippen molar-refractivity contribution in [3.63, 3.8) is 0 Å². The first kappa shape index (κ1) is 22.5. The summed E-state index contributed by atoms with van der Waals surface area (Å²) in [6, 6.07) is 9.20. The molecule has 0 radical (unpaired) electrons. The largest absolute Gasteiger partial charge is 0.482 e. The quantitative estimate of drug-likeness (QED) is 0.522. The van der Waals surface area contributed by atoms with Crippen LogP contribution in [0.3, 0.4) is 0 Å². The van der Waals surface area contributed by atoms with Gasteiger partial charge in [-0.2, -0.15) is 4.98 Å². The summed E-state index contributed by atoms with van der Waals surface area (Å²) in [5.41, 5.74) is 1.49. The summed E-state index contributed by atoms with van der Waals surface area (Å²) in [6.45, 7) is 4.73. The smallest absolute Gasteiger partial charge is 0.265 e. The Hall–Kier alpha value is -3.73. The lowest BCUT2D eigenvalue weighted by Crippen LogP contribution is -2.38. The van der Waals surface area contributed by atoms with Gasteiger partial charge in [0, 0.05) is 23.7 Å². The number of hydrogen-bond donors (Lipinski definition) is 1. The first-order valence-electron chi connectivity index (χ1n) is 10.2. The van der Waals surface area contributed by atoms with Gasteiger partial charge in [0.05, 0.1) is 17.1 Å². The molecule has 0 atom stereocenters. The zero-order valence-electron chi connectivity index (χ0n) is 18.3. The van der Waals surface area contributed by atoms with Gasteiger partial charge in [0.2, 0.25) is 5.89 Å². The Labute approximate surface area is 190 Å². The fourth-order valence-electron chi connectivity index (χ4n) is 3.45. The van der Waals surface area contributed by atoms with E-state index in [-0.39, 0.29) is 41.2 Å². The maximum atomic E-state index is 13.1. The number of hydrogen-bond acceptors (Lipinski definition) is 8. The normalized spacial score (nSPS) is 13.4. The van der Waals surface area contributed by atoms with Gasteiger partial charge in [0.25, 0.3) is 15.9 Å². The van der Waals surface area contributed by atoms with Gasteiger partial charge in [-0.25, -0.2) is 8.42 Å². The fraction of sp³-hybridized carbons (Fsp3) is 0.273. The van der Waals surface area contributed by atoms with E-state index < -0.39 is 10.0 Å². The van der Waals surface area contributed by atoms with Crippen molar-refractivity contribution in [3.8, 4) is 5.75 Å². The molecular formula is C22H22N4O6S. The van der Waals surface area contributed by atoms with Crippen molar-refractivity contribution in [1.82, 2.24) is 10.1 Å². The molecule has 11 heteroatoms. The van der Waals surface area contributed by atoms with Crippen LogP contribution in [0.1, 0.15) is 41.5 Å². The molecule has 0 aliphatic carbocycles. The zero-order chi connectivity index (χ0) is 23.8. The number of carbonyl (C=O) groups is 2. The number of amides is 1. The van der Waals surface area contributed by atoms with E-state index in [9.17, 15) is 18.0 Å². The van der Waals surface area contributed by atoms with E-state index in [2.05, 4.69) is 14.9 Å². The number of ether oxygens (including phenoxy) is 1. The number of anilines is 2. The molecule has 0 spiro atoms. The second kappa shape index (κ2) is 8.66. The number of benzene rings is 2. The minimum atomic E-state index is -3.99. The Kier molecular flexibility index (Phi) is 5.90. The molecule has 2 heterocycles. The number of aryl methyl sites for hydroxylation is 2. The molecule has 4 rings (SSSR count). The summed E-state index contributed by atoms with van der Waals surface area (Å²) in [5.74, 6) is 0.571. The molecule has 10 nitrogen and oxygen atoms in total. The number of carbonyl (C=O) groups excluding carboxylic acids is 2. The van der Waals surface area contributed by atoms with Crippen LogP contribution in [0, 0.1) is 6.92 Å². The van der Waals surface area contributed by atoms with Gasteiger partial charge >= 0.3 is 0 Å². The average molecular weight is 471 g/mol. The number of sulfonamides is 1. The fourth-order valence-corrected chi connectivity index (χ4v) is 4.74. The molecule has 0 saturated heterocycles. The van der Waals surface area contributed by atoms with Crippen molar-refractivity contribution in [3.05, 3.63) is 59.2 Å². The lowest BCUT2D eigenvalue weighted by molar-refractivity contribution is -0.121. The van der Waals surface area contributed by atoms with Crippen LogP contribution < -0.4 is 14.4 Å². The third-order valence-electron chi connectivity index (χ3n) is 5.12. The minimum Gasteiger partial charge on any atom is -0.482 e. The highest BCUT2D eigenvalue weighted by atomic mass is 32.2. The van der Waals surface area contributed by atoms with Crippen LogP contribution >= 0.6 is 0 Å². The van der Waals surface area contributed by atoms with Gasteiger partial charge in [-0.3, -0.25) is 19.2 Å². The highest BCUT2D eigenvalue weighted by Crippen LogP contribution is 2.37. The molecule has 0 fully saturated rings. The van der Waals surface area contributed by atoms with Crippen LogP contribution in [-0.2, 0) is 27.8 Å². The van der Waals surface area contributed by atoms with Gasteiger partial charge in [0.1, 0.15) is 5.75 Å². The Morgan fingerprint density at radius 3 is 2.73 bits per heavy atom. The number of nitrogens with zero attached hydrogens (tertiary/aromatic N) is 3. The highest BCUT2D eigenvalue weighted by molar-refractivity contribution is 7.92. The molecule has 1 aliphatic rings. The minimum absolute atomic E-state index is 0.00314. The summed E-state index contributed by atoms with van der Waals surface area (Å²) < 4.78 is 39.3. The maximum absolute atomic E-state index is 13.1. The average Bonchev–Trinajstić information content (AvgIpc) is 3.23. The molecule has 3 aromatic rings. The topological polar surface area (TPSA) is 132 Å². The molecule has 1 aromatic heterocycles. The van der Waals surface area contributed by atoms with Crippen molar-refractivity contribution < 1.29 is 27.3 Å². The third-order valence-corrected chi connectivity index (χ3v) is 6.65. The summed E-state index contributed by atoms with van der Waals surface area (Å²) in [5, 5.41) is 3.88. The van der Waals surface area contributed by atoms with Crippen LogP contribution in [0.4, 0.5) is 11.4 Å². The molecule has 33 heavy (non-hydrogen) atoms. The van der Waals surface area contributed by atoms with E-state index in [1.165, 1.54) is 24.0 Å². The highest BCUT2D eigenvalue weighted by Gasteiger charge is 2.30. The van der Waals surface area contributed by atoms with Crippen molar-refractivity contribution >= 4 is 33.1 Å². The second-order valence-electron chi connectivity index (χ2n) is 7.55. The van der Waals surface area contributed by atoms with Gasteiger partial charge in [0.15, 0.2) is 18.2 Å². The Bertz CT molecular complexity index is 1350. The lowest BCUT2D eigenvalue weighted by atomic mass is 10.1. The molecule has 1 amide bonds. The lowest BCUT2D eigenvalue weighted by Gasteiger charge is -2.29. The van der Waals surface area contributed by atoms with Crippen molar-refractivity contribution in [1.29, 1.82) is 0 Å². The van der Waals surface area contributed by atoms with E-state index in [1.54, 1.807) is 31.2 Å². The van der Waals surface area contributed by atoms with Gasteiger partial charge in [-0.15, -0.1) is 0 Å². The summed E-state index contributed by atoms with van der Waals surface area (Å²) in [6.07, 6.45) is 0.573. The molecule has 1 N–H and O–H groups in total. The molecule has 172 valence electrons. The molecular weight excluding hydrogens is 448 g/mol. The monoisotopic (exact) mass is 470 g/mol. The Balaban J connectivity index is 1.66. The standard InChI is InChI=1S/C22H22N4O6S/c1-4-21-23-20(24-32-21)11-26-17-8-13(2)19(10-18(17)31-12-22(26)28)33(29,30)25-16-7-5-6-15(9-16)14(3)27/h5-10,25H,4,11-12H2,1-3H3. The molecule has 0 saturated carbocycles. The first-order chi connectivity index (χ1) is 15.7. The van der Waals surface area contributed by atoms with Crippen molar-refractivity contribution in [2.24, 2.45) is 0 Å². The molecule has 1 aliphatic heterocycles.